The monoisotopic (exact) mass is 284 g/mol. The van der Waals surface area contributed by atoms with Crippen molar-refractivity contribution in [2.45, 2.75) is 34.6 Å². The minimum atomic E-state index is 0.580. The van der Waals surface area contributed by atoms with Crippen LogP contribution < -0.4 is 10.6 Å². The molecule has 0 saturated carbocycles. The predicted molar refractivity (Wildman–Crippen MR) is 89.3 cm³/mol. The Morgan fingerprint density at radius 1 is 1.00 bits per heavy atom. The van der Waals surface area contributed by atoms with Gasteiger partial charge in [-0.15, -0.1) is 0 Å². The van der Waals surface area contributed by atoms with Crippen molar-refractivity contribution in [2.24, 2.45) is 5.92 Å². The fourth-order valence-electron chi connectivity index (χ4n) is 2.12. The van der Waals surface area contributed by atoms with Crippen molar-refractivity contribution in [2.75, 3.05) is 17.2 Å². The van der Waals surface area contributed by atoms with E-state index in [4.69, 9.17) is 0 Å². The summed E-state index contributed by atoms with van der Waals surface area (Å²) in [4.78, 5) is 8.88. The van der Waals surface area contributed by atoms with E-state index in [9.17, 15) is 0 Å². The van der Waals surface area contributed by atoms with Crippen molar-refractivity contribution in [1.29, 1.82) is 0 Å². The van der Waals surface area contributed by atoms with Gasteiger partial charge >= 0.3 is 0 Å². The Labute approximate surface area is 127 Å². The smallest absolute Gasteiger partial charge is 0.136 e. The first kappa shape index (κ1) is 15.3. The van der Waals surface area contributed by atoms with Gasteiger partial charge in [-0.25, -0.2) is 9.97 Å². The zero-order chi connectivity index (χ0) is 15.4. The van der Waals surface area contributed by atoms with Gasteiger partial charge in [0.1, 0.15) is 17.5 Å². The molecule has 4 heteroatoms. The Morgan fingerprint density at radius 2 is 1.71 bits per heavy atom. The van der Waals surface area contributed by atoms with E-state index in [-0.39, 0.29) is 0 Å². The van der Waals surface area contributed by atoms with Crippen LogP contribution in [0, 0.1) is 26.7 Å². The van der Waals surface area contributed by atoms with Crippen molar-refractivity contribution in [3.8, 4) is 0 Å². The lowest BCUT2D eigenvalue weighted by molar-refractivity contribution is 0.686. The molecule has 21 heavy (non-hydrogen) atoms. The van der Waals surface area contributed by atoms with Gasteiger partial charge in [0.05, 0.1) is 0 Å². The van der Waals surface area contributed by atoms with Crippen LogP contribution in [0.2, 0.25) is 0 Å². The van der Waals surface area contributed by atoms with Crippen LogP contribution in [0.5, 0.6) is 0 Å². The van der Waals surface area contributed by atoms with Gasteiger partial charge in [-0.1, -0.05) is 31.5 Å². The summed E-state index contributed by atoms with van der Waals surface area (Å²) in [5.41, 5.74) is 3.55. The average molecular weight is 284 g/mol. The first-order valence-corrected chi connectivity index (χ1v) is 7.38. The van der Waals surface area contributed by atoms with Crippen molar-refractivity contribution >= 4 is 17.3 Å². The van der Waals surface area contributed by atoms with Crippen molar-refractivity contribution in [1.82, 2.24) is 9.97 Å². The molecular weight excluding hydrogens is 260 g/mol. The molecule has 112 valence electrons. The van der Waals surface area contributed by atoms with Crippen LogP contribution >= 0.6 is 0 Å². The second-order valence-corrected chi connectivity index (χ2v) is 5.90. The molecule has 4 nitrogen and oxygen atoms in total. The highest BCUT2D eigenvalue weighted by atomic mass is 15.1. The Hall–Kier alpha value is -2.10. The van der Waals surface area contributed by atoms with Gasteiger partial charge in [-0.3, -0.25) is 0 Å². The van der Waals surface area contributed by atoms with Gasteiger partial charge in [-0.2, -0.15) is 0 Å². The van der Waals surface area contributed by atoms with Crippen molar-refractivity contribution in [3.05, 3.63) is 41.2 Å². The number of hydrogen-bond donors (Lipinski definition) is 2. The van der Waals surface area contributed by atoms with E-state index >= 15 is 0 Å². The third-order valence-electron chi connectivity index (χ3n) is 3.17. The van der Waals surface area contributed by atoms with Crippen LogP contribution in [0.1, 0.15) is 30.8 Å². The molecule has 1 aromatic heterocycles. The highest BCUT2D eigenvalue weighted by Gasteiger charge is 2.05. The Balaban J connectivity index is 2.19. The number of nitrogens with one attached hydrogen (secondary N) is 2. The normalized spacial score (nSPS) is 10.8. The molecule has 0 saturated heterocycles. The topological polar surface area (TPSA) is 49.8 Å². The maximum absolute atomic E-state index is 4.46. The zero-order valence-electron chi connectivity index (χ0n) is 13.5. The molecule has 2 aromatic rings. The third-order valence-corrected chi connectivity index (χ3v) is 3.17. The minimum absolute atomic E-state index is 0.580. The summed E-state index contributed by atoms with van der Waals surface area (Å²) >= 11 is 0. The largest absolute Gasteiger partial charge is 0.370 e. The molecule has 2 N–H and O–H groups in total. The van der Waals surface area contributed by atoms with Crippen LogP contribution in [0.3, 0.4) is 0 Å². The van der Waals surface area contributed by atoms with E-state index in [1.165, 1.54) is 11.1 Å². The van der Waals surface area contributed by atoms with Crippen molar-refractivity contribution < 1.29 is 0 Å². The zero-order valence-corrected chi connectivity index (χ0v) is 13.5. The molecule has 0 amide bonds. The second-order valence-electron chi connectivity index (χ2n) is 5.90. The summed E-state index contributed by atoms with van der Waals surface area (Å²) in [5.74, 6) is 3.02. The Kier molecular flexibility index (Phi) is 4.78. The molecule has 0 spiro atoms. The lowest BCUT2D eigenvalue weighted by Crippen LogP contribution is -2.10. The molecule has 0 radical (unpaired) electrons. The standard InChI is InChI=1S/C17H24N4/c1-11(2)10-18-16-9-17(20-14(5)19-16)21-15-7-6-12(3)8-13(15)4/h6-9,11H,10H2,1-5H3,(H2,18,19,20,21). The predicted octanol–water partition coefficient (Wildman–Crippen LogP) is 4.21. The van der Waals surface area contributed by atoms with E-state index in [1.54, 1.807) is 0 Å². The van der Waals surface area contributed by atoms with E-state index in [1.807, 2.05) is 13.0 Å². The molecule has 0 aliphatic rings. The van der Waals surface area contributed by atoms with E-state index < -0.39 is 0 Å². The second kappa shape index (κ2) is 6.57. The number of benzene rings is 1. The molecule has 2 rings (SSSR count). The number of aryl methyl sites for hydroxylation is 3. The van der Waals surface area contributed by atoms with Gasteiger partial charge in [0, 0.05) is 18.3 Å². The molecule has 0 bridgehead atoms. The third kappa shape index (κ3) is 4.45. The minimum Gasteiger partial charge on any atom is -0.370 e. The Morgan fingerprint density at radius 3 is 2.38 bits per heavy atom. The van der Waals surface area contributed by atoms with Gasteiger partial charge < -0.3 is 10.6 Å². The first-order valence-electron chi connectivity index (χ1n) is 7.38. The summed E-state index contributed by atoms with van der Waals surface area (Å²) in [6.45, 7) is 11.4. The highest BCUT2D eigenvalue weighted by Crippen LogP contribution is 2.21. The van der Waals surface area contributed by atoms with Crippen molar-refractivity contribution in [3.63, 3.8) is 0 Å². The van der Waals surface area contributed by atoms with Gasteiger partial charge in [-0.05, 0) is 38.3 Å². The van der Waals surface area contributed by atoms with E-state index in [2.05, 4.69) is 66.5 Å². The summed E-state index contributed by atoms with van der Waals surface area (Å²) in [6.07, 6.45) is 0. The molecule has 1 heterocycles. The lowest BCUT2D eigenvalue weighted by atomic mass is 10.1. The SMILES string of the molecule is Cc1ccc(Nc2cc(NCC(C)C)nc(C)n2)c(C)c1. The van der Waals surface area contributed by atoms with Crippen LogP contribution in [0.4, 0.5) is 17.3 Å². The summed E-state index contributed by atoms with van der Waals surface area (Å²) < 4.78 is 0. The van der Waals surface area contributed by atoms with Gasteiger partial charge in [0.15, 0.2) is 0 Å². The molecular formula is C17H24N4. The summed E-state index contributed by atoms with van der Waals surface area (Å²) in [5, 5.41) is 6.72. The quantitative estimate of drug-likeness (QED) is 0.863. The molecule has 0 aliphatic carbocycles. The average Bonchev–Trinajstić information content (AvgIpc) is 2.39. The van der Waals surface area contributed by atoms with Crippen LogP contribution in [0.15, 0.2) is 24.3 Å². The number of rotatable bonds is 5. The summed E-state index contributed by atoms with van der Waals surface area (Å²) in [6, 6.07) is 8.30. The molecule has 1 aromatic carbocycles. The number of hydrogen-bond acceptors (Lipinski definition) is 4. The van der Waals surface area contributed by atoms with Crippen LogP contribution in [-0.2, 0) is 0 Å². The number of aromatic nitrogens is 2. The molecule has 0 unspecified atom stereocenters. The maximum atomic E-state index is 4.46. The first-order chi connectivity index (χ1) is 9.94. The van der Waals surface area contributed by atoms with Crippen LogP contribution in [-0.4, -0.2) is 16.5 Å². The molecule has 0 fully saturated rings. The van der Waals surface area contributed by atoms with Gasteiger partial charge in [0.25, 0.3) is 0 Å². The fraction of sp³-hybridized carbons (Fsp3) is 0.412. The van der Waals surface area contributed by atoms with E-state index in [0.29, 0.717) is 5.92 Å². The fourth-order valence-corrected chi connectivity index (χ4v) is 2.12. The molecule has 0 aliphatic heterocycles. The molecule has 0 atom stereocenters. The number of nitrogens with zero attached hydrogens (tertiary/aromatic N) is 2. The maximum Gasteiger partial charge on any atom is 0.136 e. The number of anilines is 3. The van der Waals surface area contributed by atoms with E-state index in [0.717, 1.165) is 29.7 Å². The van der Waals surface area contributed by atoms with Crippen LogP contribution in [0.25, 0.3) is 0 Å². The Bertz CT molecular complexity index is 620. The lowest BCUT2D eigenvalue weighted by Gasteiger charge is -2.13. The summed E-state index contributed by atoms with van der Waals surface area (Å²) in [7, 11) is 0. The van der Waals surface area contributed by atoms with Gasteiger partial charge in [0.2, 0.25) is 0 Å². The highest BCUT2D eigenvalue weighted by molar-refractivity contribution is 5.62.